The molecule has 1 amide bonds. The summed E-state index contributed by atoms with van der Waals surface area (Å²) in [7, 11) is 1.23. The molecule has 4 atom stereocenters. The number of hydrogen-bond acceptors (Lipinski definition) is 7. The van der Waals surface area contributed by atoms with E-state index in [1.807, 2.05) is 0 Å². The summed E-state index contributed by atoms with van der Waals surface area (Å²) in [6.07, 6.45) is -7.26. The van der Waals surface area contributed by atoms with Gasteiger partial charge in [-0.05, 0) is 67.6 Å². The zero-order valence-electron chi connectivity index (χ0n) is 25.5. The fraction of sp³-hybridized carbons (Fsp3) is 0.406. The predicted octanol–water partition coefficient (Wildman–Crippen LogP) is 6.87. The van der Waals surface area contributed by atoms with Crippen LogP contribution in [0, 0.1) is 0 Å². The highest BCUT2D eigenvalue weighted by atomic mass is 19.4. The smallest absolute Gasteiger partial charge is 0.416 e. The Morgan fingerprint density at radius 3 is 1.85 bits per heavy atom. The third-order valence-electron chi connectivity index (χ3n) is 8.52. The number of hydrogen-bond donors (Lipinski definition) is 3. The highest BCUT2D eigenvalue weighted by Crippen LogP contribution is 2.41. The van der Waals surface area contributed by atoms with Gasteiger partial charge in [0.25, 0.3) is 11.1 Å². The van der Waals surface area contributed by atoms with Gasteiger partial charge in [0.2, 0.25) is 0 Å². The molecule has 6 rings (SSSR count). The number of likely N-dealkylation sites (tertiary alicyclic amines) is 1. The SMILES string of the molecule is COC(=O)N1CC[C@H](c2cc(=O)[nH]o2)C[C@@H]1c1cccc(C(F)(F)F)c1.O=c1cc([C@H]2CCN[C@@H](c3cccc(C(F)(F)F)c3)C2)o[nH]1. The summed E-state index contributed by atoms with van der Waals surface area (Å²) in [5.74, 6) is 0.800. The Balaban J connectivity index is 0.000000190. The van der Waals surface area contributed by atoms with E-state index in [0.717, 1.165) is 24.6 Å². The number of piperidine rings is 2. The average Bonchev–Trinajstić information content (AvgIpc) is 3.72. The highest BCUT2D eigenvalue weighted by Gasteiger charge is 2.37. The standard InChI is InChI=1S/C17H17F3N2O4.C15H15F3N2O2/c1-25-16(24)22-6-5-11(14-9-15(23)21-26-14)8-13(22)10-3-2-4-12(7-10)17(18,19)20;16-15(17,18)11-3-1-2-9(6-11)12-7-10(4-5-19-12)13-8-14(21)20-22-13/h2-4,7,9,11,13H,5-6,8H2,1H3,(H,21,23);1-3,6,8,10,12,19H,4-5,7H2,(H,20,21)/t11-,13+;10-,12+/m00/s1. The molecular formula is C32H32F6N4O6. The molecule has 0 radical (unpaired) electrons. The molecule has 258 valence electrons. The third-order valence-corrected chi connectivity index (χ3v) is 8.52. The van der Waals surface area contributed by atoms with Crippen LogP contribution in [0.2, 0.25) is 0 Å². The van der Waals surface area contributed by atoms with Crippen molar-refractivity contribution in [2.24, 2.45) is 0 Å². The number of benzene rings is 2. The van der Waals surface area contributed by atoms with E-state index >= 15 is 0 Å². The van der Waals surface area contributed by atoms with Crippen molar-refractivity contribution >= 4 is 6.09 Å². The second kappa shape index (κ2) is 14.2. The second-order valence-electron chi connectivity index (χ2n) is 11.6. The lowest BCUT2D eigenvalue weighted by Crippen LogP contribution is -2.40. The maximum absolute atomic E-state index is 13.0. The molecule has 4 aromatic rings. The van der Waals surface area contributed by atoms with Crippen LogP contribution in [0.3, 0.4) is 0 Å². The van der Waals surface area contributed by atoms with Crippen molar-refractivity contribution < 1.29 is 44.9 Å². The minimum atomic E-state index is -4.48. The molecule has 0 spiro atoms. The number of alkyl halides is 6. The molecule has 0 aliphatic carbocycles. The molecular weight excluding hydrogens is 650 g/mol. The van der Waals surface area contributed by atoms with Gasteiger partial charge in [-0.1, -0.05) is 24.3 Å². The number of aromatic nitrogens is 2. The van der Waals surface area contributed by atoms with E-state index < -0.39 is 35.6 Å². The zero-order valence-corrected chi connectivity index (χ0v) is 25.5. The van der Waals surface area contributed by atoms with Gasteiger partial charge in [-0.15, -0.1) is 0 Å². The Kier molecular flexibility index (Phi) is 10.2. The summed E-state index contributed by atoms with van der Waals surface area (Å²) in [5.41, 5.74) is -1.17. The van der Waals surface area contributed by atoms with E-state index in [-0.39, 0.29) is 35.5 Å². The summed E-state index contributed by atoms with van der Waals surface area (Å²) >= 11 is 0. The first kappa shape index (κ1) is 34.6. The van der Waals surface area contributed by atoms with Crippen LogP contribution in [0.4, 0.5) is 31.1 Å². The van der Waals surface area contributed by atoms with E-state index in [9.17, 15) is 40.7 Å². The van der Waals surface area contributed by atoms with Crippen molar-refractivity contribution in [3.63, 3.8) is 0 Å². The van der Waals surface area contributed by atoms with Gasteiger partial charge in [0.05, 0.1) is 24.3 Å². The van der Waals surface area contributed by atoms with E-state index in [1.165, 1.54) is 42.3 Å². The molecule has 48 heavy (non-hydrogen) atoms. The minimum Gasteiger partial charge on any atom is -0.453 e. The number of aromatic amines is 2. The van der Waals surface area contributed by atoms with Crippen molar-refractivity contribution in [2.75, 3.05) is 20.2 Å². The van der Waals surface area contributed by atoms with Crippen LogP contribution >= 0.6 is 0 Å². The fourth-order valence-electron chi connectivity index (χ4n) is 6.16. The molecule has 2 aromatic carbocycles. The lowest BCUT2D eigenvalue weighted by Gasteiger charge is -2.38. The van der Waals surface area contributed by atoms with Crippen LogP contribution in [0.15, 0.2) is 79.3 Å². The summed E-state index contributed by atoms with van der Waals surface area (Å²) in [6.45, 7) is 0.924. The highest BCUT2D eigenvalue weighted by molar-refractivity contribution is 5.68. The second-order valence-corrected chi connectivity index (χ2v) is 11.6. The monoisotopic (exact) mass is 682 g/mol. The van der Waals surface area contributed by atoms with E-state index in [0.29, 0.717) is 48.5 Å². The van der Waals surface area contributed by atoms with Crippen molar-refractivity contribution in [1.29, 1.82) is 0 Å². The minimum absolute atomic E-state index is 0.0137. The molecule has 0 bridgehead atoms. The molecule has 2 fully saturated rings. The number of nitrogens with zero attached hydrogens (tertiary/aromatic N) is 1. The van der Waals surface area contributed by atoms with Gasteiger partial charge in [-0.25, -0.2) is 4.79 Å². The summed E-state index contributed by atoms with van der Waals surface area (Å²) in [4.78, 5) is 35.9. The third kappa shape index (κ3) is 8.21. The zero-order chi connectivity index (χ0) is 34.6. The molecule has 0 saturated carbocycles. The van der Waals surface area contributed by atoms with Crippen molar-refractivity contribution in [1.82, 2.24) is 20.5 Å². The first-order valence-corrected chi connectivity index (χ1v) is 15.0. The van der Waals surface area contributed by atoms with Gasteiger partial charge < -0.3 is 24.0 Å². The molecule has 4 heterocycles. The molecule has 16 heteroatoms. The summed E-state index contributed by atoms with van der Waals surface area (Å²) in [5, 5.41) is 7.68. The number of H-pyrrole nitrogens is 2. The van der Waals surface area contributed by atoms with Gasteiger partial charge >= 0.3 is 18.4 Å². The predicted molar refractivity (Wildman–Crippen MR) is 158 cm³/mol. The Morgan fingerprint density at radius 2 is 1.33 bits per heavy atom. The number of carbonyl (C=O) groups is 1. The molecule has 2 aliphatic rings. The van der Waals surface area contributed by atoms with Gasteiger partial charge in [-0.2, -0.15) is 36.7 Å². The van der Waals surface area contributed by atoms with Gasteiger partial charge in [0, 0.05) is 36.6 Å². The van der Waals surface area contributed by atoms with Crippen LogP contribution in [0.5, 0.6) is 0 Å². The Hall–Kier alpha value is -4.73. The molecule has 2 aromatic heterocycles. The summed E-state index contributed by atoms with van der Waals surface area (Å²) < 4.78 is 92.6. The number of nitrogens with one attached hydrogen (secondary N) is 3. The van der Waals surface area contributed by atoms with Crippen LogP contribution in [0.25, 0.3) is 0 Å². The largest absolute Gasteiger partial charge is 0.453 e. The first-order valence-electron chi connectivity index (χ1n) is 15.0. The van der Waals surface area contributed by atoms with Gasteiger partial charge in [0.1, 0.15) is 11.5 Å². The maximum Gasteiger partial charge on any atom is 0.416 e. The molecule has 2 aliphatic heterocycles. The van der Waals surface area contributed by atoms with Crippen molar-refractivity contribution in [2.45, 2.75) is 62.0 Å². The van der Waals surface area contributed by atoms with Gasteiger partial charge in [-0.3, -0.25) is 9.59 Å². The Bertz CT molecular complexity index is 1810. The lowest BCUT2D eigenvalue weighted by atomic mass is 9.85. The topological polar surface area (TPSA) is 134 Å². The first-order chi connectivity index (χ1) is 22.7. The van der Waals surface area contributed by atoms with Crippen LogP contribution < -0.4 is 16.4 Å². The van der Waals surface area contributed by atoms with E-state index in [2.05, 4.69) is 15.6 Å². The van der Waals surface area contributed by atoms with Crippen molar-refractivity contribution in [3.8, 4) is 0 Å². The number of amides is 1. The molecule has 2 saturated heterocycles. The Labute approximate surface area is 269 Å². The number of methoxy groups -OCH3 is 1. The number of halogens is 6. The molecule has 10 nitrogen and oxygen atoms in total. The Morgan fingerprint density at radius 1 is 0.792 bits per heavy atom. The number of rotatable bonds is 4. The quantitative estimate of drug-likeness (QED) is 0.200. The normalized spacial score (nSPS) is 21.7. The van der Waals surface area contributed by atoms with Crippen molar-refractivity contribution in [3.05, 3.63) is 115 Å². The van der Waals surface area contributed by atoms with Gasteiger partial charge in [0.15, 0.2) is 0 Å². The molecule has 0 unspecified atom stereocenters. The average molecular weight is 683 g/mol. The van der Waals surface area contributed by atoms with Crippen LogP contribution in [0.1, 0.15) is 83.4 Å². The maximum atomic E-state index is 13.0. The fourth-order valence-corrected chi connectivity index (χ4v) is 6.16. The molecule has 3 N–H and O–H groups in total. The van der Waals surface area contributed by atoms with Crippen LogP contribution in [-0.2, 0) is 17.1 Å². The van der Waals surface area contributed by atoms with E-state index in [4.69, 9.17) is 13.8 Å². The van der Waals surface area contributed by atoms with Crippen LogP contribution in [-0.4, -0.2) is 41.5 Å². The summed E-state index contributed by atoms with van der Waals surface area (Å²) in [6, 6.07) is 12.1. The number of ether oxygens (including phenoxy) is 1. The lowest BCUT2D eigenvalue weighted by molar-refractivity contribution is -0.138. The van der Waals surface area contributed by atoms with E-state index in [1.54, 1.807) is 12.1 Å². The number of carbonyl (C=O) groups excluding carboxylic acids is 1.